The van der Waals surface area contributed by atoms with E-state index in [0.717, 1.165) is 12.1 Å². The van der Waals surface area contributed by atoms with Crippen molar-refractivity contribution >= 4 is 23.0 Å². The van der Waals surface area contributed by atoms with Crippen LogP contribution in [0.15, 0.2) is 114 Å². The van der Waals surface area contributed by atoms with Gasteiger partial charge in [-0.2, -0.15) is 0 Å². The number of nitro groups is 1. The third kappa shape index (κ3) is 4.77. The van der Waals surface area contributed by atoms with Crippen LogP contribution in [0.3, 0.4) is 0 Å². The molecule has 2 heterocycles. The van der Waals surface area contributed by atoms with Crippen LogP contribution in [0.5, 0.6) is 0 Å². The van der Waals surface area contributed by atoms with Crippen LogP contribution in [-0.2, 0) is 4.74 Å². The van der Waals surface area contributed by atoms with Crippen molar-refractivity contribution in [3.8, 4) is 0 Å². The third-order valence-corrected chi connectivity index (χ3v) is 7.39. The fourth-order valence-electron chi connectivity index (χ4n) is 5.21. The van der Waals surface area contributed by atoms with Crippen LogP contribution in [0, 0.1) is 10.1 Å². The molecule has 0 spiro atoms. The molecule has 0 saturated carbocycles. The number of aliphatic hydroxyl groups excluding tert-OH is 1. The molecule has 43 heavy (non-hydrogen) atoms. The van der Waals surface area contributed by atoms with E-state index in [1.165, 1.54) is 72.8 Å². The molecule has 1 fully saturated rings. The zero-order valence-corrected chi connectivity index (χ0v) is 22.2. The fourth-order valence-corrected chi connectivity index (χ4v) is 5.21. The summed E-state index contributed by atoms with van der Waals surface area (Å²) in [6.45, 7) is 0. The summed E-state index contributed by atoms with van der Waals surface area (Å²) in [5.74, 6) is -3.66. The van der Waals surface area contributed by atoms with Crippen molar-refractivity contribution in [3.63, 3.8) is 0 Å². The summed E-state index contributed by atoms with van der Waals surface area (Å²) in [5, 5.41) is 47.7. The average molecular weight is 585 g/mol. The highest BCUT2D eigenvalue weighted by Crippen LogP contribution is 2.50. The molecule has 3 N–H and O–H groups in total. The second-order valence-electron chi connectivity index (χ2n) is 9.90. The number of aromatic nitrogens is 1. The van der Waals surface area contributed by atoms with E-state index in [1.54, 1.807) is 18.2 Å². The summed E-state index contributed by atoms with van der Waals surface area (Å²) in [7, 11) is 0. The molecule has 0 bridgehead atoms. The monoisotopic (exact) mass is 584 g/mol. The summed E-state index contributed by atoms with van der Waals surface area (Å²) < 4.78 is 6.29. The zero-order valence-electron chi connectivity index (χ0n) is 22.2. The van der Waals surface area contributed by atoms with Gasteiger partial charge < -0.3 is 20.1 Å². The van der Waals surface area contributed by atoms with Crippen molar-refractivity contribution in [1.82, 2.24) is 4.57 Å². The van der Waals surface area contributed by atoms with Gasteiger partial charge in [0, 0.05) is 28.8 Å². The lowest BCUT2D eigenvalue weighted by Gasteiger charge is -2.39. The molecule has 0 amide bonds. The Balaban J connectivity index is 1.80. The summed E-state index contributed by atoms with van der Waals surface area (Å²) in [6, 6.07) is 22.9. The lowest BCUT2D eigenvalue weighted by Crippen LogP contribution is -2.69. The quantitative estimate of drug-likeness (QED) is 0.149. The molecular weight excluding hydrogens is 560 g/mol. The van der Waals surface area contributed by atoms with Crippen LogP contribution in [0.25, 0.3) is 0 Å². The molecule has 0 aliphatic carbocycles. The number of ether oxygens (including phenoxy) is 1. The van der Waals surface area contributed by atoms with E-state index >= 15 is 0 Å². The van der Waals surface area contributed by atoms with Gasteiger partial charge in [0.25, 0.3) is 11.2 Å². The Kier molecular flexibility index (Phi) is 7.69. The van der Waals surface area contributed by atoms with Gasteiger partial charge in [0.05, 0.1) is 11.1 Å². The zero-order chi connectivity index (χ0) is 30.9. The number of carbonyl (C=O) groups is 3. The molecule has 218 valence electrons. The molecule has 5 rings (SSSR count). The van der Waals surface area contributed by atoms with E-state index in [9.17, 15) is 44.6 Å². The molecule has 1 saturated heterocycles. The van der Waals surface area contributed by atoms with Gasteiger partial charge in [0.1, 0.15) is 12.2 Å². The predicted molar refractivity (Wildman–Crippen MR) is 149 cm³/mol. The highest BCUT2D eigenvalue weighted by atomic mass is 16.6. The van der Waals surface area contributed by atoms with E-state index in [4.69, 9.17) is 4.74 Å². The lowest BCUT2D eigenvalue weighted by atomic mass is 9.69. The summed E-state index contributed by atoms with van der Waals surface area (Å²) >= 11 is 0. The number of carbonyl (C=O) groups excluding carboxylic acids is 3. The highest BCUT2D eigenvalue weighted by Gasteiger charge is 2.75. The smallest absolute Gasteiger partial charge is 0.285 e. The van der Waals surface area contributed by atoms with Gasteiger partial charge in [-0.05, 0) is 0 Å². The molecule has 0 radical (unpaired) electrons. The Morgan fingerprint density at radius 3 is 1.72 bits per heavy atom. The average Bonchev–Trinajstić information content (AvgIpc) is 3.28. The number of Topliss-reactive ketones (excluding diaryl/α,β-unsaturated/α-hetero) is 3. The molecule has 12 heteroatoms. The van der Waals surface area contributed by atoms with Crippen LogP contribution in [-0.4, -0.2) is 65.6 Å². The Labute approximate surface area is 243 Å². The molecule has 5 atom stereocenters. The van der Waals surface area contributed by atoms with E-state index < -0.39 is 63.2 Å². The van der Waals surface area contributed by atoms with Crippen molar-refractivity contribution < 1.29 is 39.4 Å². The Morgan fingerprint density at radius 1 is 0.767 bits per heavy atom. The van der Waals surface area contributed by atoms with Crippen LogP contribution < -0.4 is 5.56 Å². The van der Waals surface area contributed by atoms with Gasteiger partial charge >= 0.3 is 0 Å². The third-order valence-electron chi connectivity index (χ3n) is 7.39. The van der Waals surface area contributed by atoms with Crippen LogP contribution in [0.2, 0.25) is 0 Å². The van der Waals surface area contributed by atoms with Gasteiger partial charge in [-0.1, -0.05) is 91.0 Å². The van der Waals surface area contributed by atoms with Crippen molar-refractivity contribution in [2.45, 2.75) is 29.6 Å². The number of nitrogens with zero attached hydrogens (tertiary/aromatic N) is 2. The molecule has 4 aromatic rings. The number of hydrogen-bond acceptors (Lipinski definition) is 10. The van der Waals surface area contributed by atoms with Gasteiger partial charge in [0.2, 0.25) is 17.2 Å². The van der Waals surface area contributed by atoms with E-state index in [-0.39, 0.29) is 16.7 Å². The van der Waals surface area contributed by atoms with Crippen LogP contribution in [0.1, 0.15) is 37.3 Å². The molecule has 1 aromatic heterocycles. The minimum absolute atomic E-state index is 0.0537. The van der Waals surface area contributed by atoms with Gasteiger partial charge in [-0.3, -0.25) is 33.9 Å². The SMILES string of the molecule is O=C(c1ccccc1)C(O)C1OC(n2cc([N+](=O)[O-])ccc2=O)C(O)(C(=O)c2ccccc2)C1(O)C(=O)c1ccccc1. The number of benzene rings is 3. The number of aliphatic hydroxyl groups is 3. The second kappa shape index (κ2) is 11.3. The molecule has 3 aromatic carbocycles. The normalized spacial score (nSPS) is 23.8. The predicted octanol–water partition coefficient (Wildman–Crippen LogP) is 2.13. The summed E-state index contributed by atoms with van der Waals surface area (Å²) in [4.78, 5) is 65.5. The van der Waals surface area contributed by atoms with Crippen molar-refractivity contribution in [3.05, 3.63) is 146 Å². The second-order valence-corrected chi connectivity index (χ2v) is 9.90. The minimum atomic E-state index is -3.42. The van der Waals surface area contributed by atoms with Gasteiger partial charge in [0.15, 0.2) is 17.6 Å². The molecule has 12 nitrogen and oxygen atoms in total. The molecule has 5 unspecified atom stereocenters. The number of ketones is 3. The first-order chi connectivity index (χ1) is 20.5. The van der Waals surface area contributed by atoms with E-state index in [1.807, 2.05) is 0 Å². The van der Waals surface area contributed by atoms with Crippen molar-refractivity contribution in [1.29, 1.82) is 0 Å². The van der Waals surface area contributed by atoms with Crippen molar-refractivity contribution in [2.24, 2.45) is 0 Å². The standard InChI is InChI=1S/C31H24N2O10/c34-23-17-16-22(33(41)42)18-32(23)29-31(40,27(38)21-14-8-3-9-15-21)30(39,26(37)20-12-6-2-7-13-20)28(43-29)25(36)24(35)19-10-4-1-5-11-19/h1-18,25,28-29,36,39-40H. The largest absolute Gasteiger partial charge is 0.382 e. The lowest BCUT2D eigenvalue weighted by molar-refractivity contribution is -0.385. The minimum Gasteiger partial charge on any atom is -0.382 e. The molecular formula is C31H24N2O10. The molecule has 1 aliphatic rings. The van der Waals surface area contributed by atoms with Gasteiger partial charge in [-0.15, -0.1) is 0 Å². The van der Waals surface area contributed by atoms with Crippen LogP contribution in [0.4, 0.5) is 5.69 Å². The van der Waals surface area contributed by atoms with E-state index in [0.29, 0.717) is 10.8 Å². The number of rotatable bonds is 9. The Bertz CT molecular complexity index is 1760. The first kappa shape index (κ1) is 29.4. The van der Waals surface area contributed by atoms with Crippen LogP contribution >= 0.6 is 0 Å². The van der Waals surface area contributed by atoms with E-state index in [2.05, 4.69) is 0 Å². The number of hydrogen-bond donors (Lipinski definition) is 3. The fraction of sp³-hybridized carbons (Fsp3) is 0.161. The first-order valence-electron chi connectivity index (χ1n) is 13.0. The maximum absolute atomic E-state index is 14.2. The maximum Gasteiger partial charge on any atom is 0.285 e. The van der Waals surface area contributed by atoms with Gasteiger partial charge in [-0.25, -0.2) is 0 Å². The summed E-state index contributed by atoms with van der Waals surface area (Å²) in [5.41, 5.74) is -9.02. The topological polar surface area (TPSA) is 186 Å². The number of pyridine rings is 1. The Morgan fingerprint density at radius 2 is 1.23 bits per heavy atom. The van der Waals surface area contributed by atoms with Crippen molar-refractivity contribution in [2.75, 3.05) is 0 Å². The Hall–Kier alpha value is -5.14. The maximum atomic E-state index is 14.2. The first-order valence-corrected chi connectivity index (χ1v) is 13.0. The molecule has 1 aliphatic heterocycles. The summed E-state index contributed by atoms with van der Waals surface area (Å²) in [6.07, 6.45) is -6.37. The highest BCUT2D eigenvalue weighted by molar-refractivity contribution is 6.14.